The van der Waals surface area contributed by atoms with Gasteiger partial charge in [0, 0.05) is 24.7 Å². The number of hydrogen-bond acceptors (Lipinski definition) is 4. The summed E-state index contributed by atoms with van der Waals surface area (Å²) in [7, 11) is 1.54. The topological polar surface area (TPSA) is 56.1 Å². The van der Waals surface area contributed by atoms with Gasteiger partial charge in [0.2, 0.25) is 5.88 Å². The molecule has 1 unspecified atom stereocenters. The molecule has 1 aromatic rings. The molecule has 0 amide bonds. The fourth-order valence-electron chi connectivity index (χ4n) is 1.51. The third kappa shape index (κ3) is 4.56. The molecule has 1 atom stereocenters. The Morgan fingerprint density at radius 3 is 2.94 bits per heavy atom. The van der Waals surface area contributed by atoms with Crippen LogP contribution in [0.25, 0.3) is 0 Å². The van der Waals surface area contributed by atoms with E-state index in [1.165, 1.54) is 10.7 Å². The molecule has 0 aliphatic carbocycles. The van der Waals surface area contributed by atoms with Crippen LogP contribution in [0.2, 0.25) is 0 Å². The van der Waals surface area contributed by atoms with Crippen LogP contribution in [0.5, 0.6) is 5.88 Å². The second kappa shape index (κ2) is 7.06. The maximum Gasteiger partial charge on any atom is 0.266 e. The van der Waals surface area contributed by atoms with Gasteiger partial charge in [0.05, 0.1) is 7.11 Å². The Balaban J connectivity index is 2.53. The second-order valence-electron chi connectivity index (χ2n) is 4.08. The van der Waals surface area contributed by atoms with E-state index in [0.29, 0.717) is 18.5 Å². The van der Waals surface area contributed by atoms with Crippen molar-refractivity contribution in [3.8, 4) is 5.88 Å². The van der Waals surface area contributed by atoms with E-state index in [-0.39, 0.29) is 5.56 Å². The van der Waals surface area contributed by atoms with Crippen molar-refractivity contribution in [3.05, 3.63) is 22.5 Å². The van der Waals surface area contributed by atoms with Crippen molar-refractivity contribution >= 4 is 0 Å². The lowest BCUT2D eigenvalue weighted by Gasteiger charge is -2.13. The standard InChI is InChI=1S/C12H21N3O2/c1-4-8-13-10(2)7-9-15-12(16)6-5-11(14-15)17-3/h5-6,10,13H,4,7-9H2,1-3H3. The molecule has 0 spiro atoms. The van der Waals surface area contributed by atoms with Crippen LogP contribution in [0, 0.1) is 0 Å². The Morgan fingerprint density at radius 1 is 1.53 bits per heavy atom. The first-order valence-electron chi connectivity index (χ1n) is 6.03. The normalized spacial score (nSPS) is 12.4. The molecule has 1 heterocycles. The van der Waals surface area contributed by atoms with Gasteiger partial charge in [0.15, 0.2) is 0 Å². The molecule has 96 valence electrons. The summed E-state index contributed by atoms with van der Waals surface area (Å²) >= 11 is 0. The van der Waals surface area contributed by atoms with E-state index in [0.717, 1.165) is 19.4 Å². The number of aryl methyl sites for hydroxylation is 1. The van der Waals surface area contributed by atoms with Gasteiger partial charge in [-0.15, -0.1) is 5.10 Å². The maximum absolute atomic E-state index is 11.5. The van der Waals surface area contributed by atoms with Crippen molar-refractivity contribution in [2.24, 2.45) is 0 Å². The summed E-state index contributed by atoms with van der Waals surface area (Å²) in [5.41, 5.74) is -0.0894. The van der Waals surface area contributed by atoms with Crippen LogP contribution in [0.3, 0.4) is 0 Å². The predicted molar refractivity (Wildman–Crippen MR) is 67.4 cm³/mol. The highest BCUT2D eigenvalue weighted by molar-refractivity contribution is 5.05. The largest absolute Gasteiger partial charge is 0.480 e. The first-order chi connectivity index (χ1) is 8.17. The van der Waals surface area contributed by atoms with Crippen LogP contribution in [-0.4, -0.2) is 29.5 Å². The molecule has 0 saturated heterocycles. The fraction of sp³-hybridized carbons (Fsp3) is 0.667. The van der Waals surface area contributed by atoms with E-state index < -0.39 is 0 Å². The fourth-order valence-corrected chi connectivity index (χ4v) is 1.51. The number of rotatable bonds is 7. The van der Waals surface area contributed by atoms with Gasteiger partial charge >= 0.3 is 0 Å². The third-order valence-corrected chi connectivity index (χ3v) is 2.57. The van der Waals surface area contributed by atoms with Crippen molar-refractivity contribution < 1.29 is 4.74 Å². The first kappa shape index (κ1) is 13.7. The molecule has 0 aliphatic rings. The number of nitrogens with one attached hydrogen (secondary N) is 1. The average Bonchev–Trinajstić information content (AvgIpc) is 2.35. The summed E-state index contributed by atoms with van der Waals surface area (Å²) in [5.74, 6) is 0.471. The molecule has 1 aromatic heterocycles. The molecule has 0 radical (unpaired) electrons. The van der Waals surface area contributed by atoms with Gasteiger partial charge in [-0.1, -0.05) is 6.92 Å². The first-order valence-corrected chi connectivity index (χ1v) is 6.03. The van der Waals surface area contributed by atoms with E-state index in [4.69, 9.17) is 4.74 Å². The van der Waals surface area contributed by atoms with Gasteiger partial charge < -0.3 is 10.1 Å². The van der Waals surface area contributed by atoms with Crippen LogP contribution in [0.1, 0.15) is 26.7 Å². The van der Waals surface area contributed by atoms with Crippen molar-refractivity contribution in [3.63, 3.8) is 0 Å². The Kier molecular flexibility index (Phi) is 5.69. The van der Waals surface area contributed by atoms with Crippen LogP contribution >= 0.6 is 0 Å². The SMILES string of the molecule is CCCNC(C)CCn1nc(OC)ccc1=O. The molecule has 0 fully saturated rings. The minimum atomic E-state index is -0.0894. The van der Waals surface area contributed by atoms with Gasteiger partial charge in [-0.2, -0.15) is 0 Å². The summed E-state index contributed by atoms with van der Waals surface area (Å²) < 4.78 is 6.44. The van der Waals surface area contributed by atoms with Gasteiger partial charge in [-0.05, 0) is 26.3 Å². The van der Waals surface area contributed by atoms with Crippen LogP contribution in [-0.2, 0) is 6.54 Å². The van der Waals surface area contributed by atoms with Gasteiger partial charge in [0.1, 0.15) is 0 Å². The Hall–Kier alpha value is -1.36. The Labute approximate surface area is 102 Å². The lowest BCUT2D eigenvalue weighted by Crippen LogP contribution is -2.30. The zero-order chi connectivity index (χ0) is 12.7. The minimum absolute atomic E-state index is 0.0894. The van der Waals surface area contributed by atoms with Crippen molar-refractivity contribution in [2.75, 3.05) is 13.7 Å². The number of ether oxygens (including phenoxy) is 1. The maximum atomic E-state index is 11.5. The molecule has 5 nitrogen and oxygen atoms in total. The van der Waals surface area contributed by atoms with Crippen molar-refractivity contribution in [1.82, 2.24) is 15.1 Å². The van der Waals surface area contributed by atoms with Gasteiger partial charge in [-0.25, -0.2) is 4.68 Å². The molecule has 0 aromatic carbocycles. The number of nitrogens with zero attached hydrogens (tertiary/aromatic N) is 2. The molecular weight excluding hydrogens is 218 g/mol. The highest BCUT2D eigenvalue weighted by Gasteiger charge is 2.04. The monoisotopic (exact) mass is 239 g/mol. The van der Waals surface area contributed by atoms with Crippen molar-refractivity contribution in [2.45, 2.75) is 39.3 Å². The van der Waals surface area contributed by atoms with Gasteiger partial charge in [0.25, 0.3) is 5.56 Å². The van der Waals surface area contributed by atoms with Gasteiger partial charge in [-0.3, -0.25) is 4.79 Å². The smallest absolute Gasteiger partial charge is 0.266 e. The zero-order valence-electron chi connectivity index (χ0n) is 10.8. The Morgan fingerprint density at radius 2 is 2.29 bits per heavy atom. The molecule has 17 heavy (non-hydrogen) atoms. The third-order valence-electron chi connectivity index (χ3n) is 2.57. The van der Waals surface area contributed by atoms with Crippen molar-refractivity contribution in [1.29, 1.82) is 0 Å². The minimum Gasteiger partial charge on any atom is -0.480 e. The zero-order valence-corrected chi connectivity index (χ0v) is 10.8. The quantitative estimate of drug-likeness (QED) is 0.772. The lowest BCUT2D eigenvalue weighted by molar-refractivity contribution is 0.367. The molecule has 1 N–H and O–H groups in total. The van der Waals surface area contributed by atoms with E-state index in [1.54, 1.807) is 13.2 Å². The van der Waals surface area contributed by atoms with Crippen LogP contribution < -0.4 is 15.6 Å². The van der Waals surface area contributed by atoms with E-state index >= 15 is 0 Å². The molecule has 5 heteroatoms. The van der Waals surface area contributed by atoms with Crippen LogP contribution in [0.4, 0.5) is 0 Å². The van der Waals surface area contributed by atoms with Crippen LogP contribution in [0.15, 0.2) is 16.9 Å². The summed E-state index contributed by atoms with van der Waals surface area (Å²) in [6.45, 7) is 5.85. The molecule has 1 rings (SSSR count). The summed E-state index contributed by atoms with van der Waals surface area (Å²) in [4.78, 5) is 11.5. The molecule has 0 saturated carbocycles. The number of hydrogen-bond donors (Lipinski definition) is 1. The van der Waals surface area contributed by atoms with E-state index in [2.05, 4.69) is 24.3 Å². The van der Waals surface area contributed by atoms with E-state index in [9.17, 15) is 4.79 Å². The number of aromatic nitrogens is 2. The predicted octanol–water partition coefficient (Wildman–Crippen LogP) is 1.03. The average molecular weight is 239 g/mol. The number of methoxy groups -OCH3 is 1. The lowest BCUT2D eigenvalue weighted by atomic mass is 10.2. The highest BCUT2D eigenvalue weighted by Crippen LogP contribution is 2.00. The Bertz CT molecular complexity index is 390. The molecular formula is C12H21N3O2. The second-order valence-corrected chi connectivity index (χ2v) is 4.08. The highest BCUT2D eigenvalue weighted by atomic mass is 16.5. The summed E-state index contributed by atoms with van der Waals surface area (Å²) in [6, 6.07) is 3.45. The molecule has 0 aliphatic heterocycles. The summed E-state index contributed by atoms with van der Waals surface area (Å²) in [5, 5.41) is 7.47. The van der Waals surface area contributed by atoms with E-state index in [1.807, 2.05) is 0 Å². The molecule has 0 bridgehead atoms. The summed E-state index contributed by atoms with van der Waals surface area (Å²) in [6.07, 6.45) is 1.99.